The van der Waals surface area contributed by atoms with Gasteiger partial charge in [-0.1, -0.05) is 95.5 Å². The Kier molecular flexibility index (Phi) is 27.2. The second-order valence-electron chi connectivity index (χ2n) is 20.3. The van der Waals surface area contributed by atoms with Gasteiger partial charge in [0.05, 0.1) is 28.2 Å². The second kappa shape index (κ2) is 31.8. The highest BCUT2D eigenvalue weighted by Gasteiger charge is 2.29. The van der Waals surface area contributed by atoms with E-state index in [1.54, 1.807) is 18.4 Å². The number of methoxy groups -OCH3 is 1. The lowest BCUT2D eigenvalue weighted by molar-refractivity contribution is -0.125. The van der Waals surface area contributed by atoms with Gasteiger partial charge in [-0.05, 0) is 141 Å². The number of hydrogen-bond acceptors (Lipinski definition) is 11. The number of thiazole rings is 1. The standard InChI is InChI=1S/C35H49N5O2S.C15H23N.C7H14N2O.CH5N/c1-6-40-31-17-16-26(30-24-43-32(39-30)15-10-8-7-9-11-20-38-36)22-28(31)29(23-35(3,4)18-13-21-41)34(40)27-14-12-19-37-33(27)25(2)42-5;1-12(2)15(16(4)5)13(3)11-14-9-7-6-8-10-14;1-8(2)5-7-3-4-9(7)6-10;1-2/h12,14,16-17,19,21-22,24-25,38H,6-11,13,15,18,20,23,36H2,1-5H3;6-10,12,15H,3,11H2,1-2,4-5H3;6-7H,3-5H2,1-2H3;2H2,1H3. The highest BCUT2D eigenvalue weighted by molar-refractivity contribution is 7.09. The van der Waals surface area contributed by atoms with Crippen LogP contribution in [0.5, 0.6) is 0 Å². The third-order valence-electron chi connectivity index (χ3n) is 13.3. The van der Waals surface area contributed by atoms with Crippen molar-refractivity contribution >= 4 is 34.9 Å². The zero-order chi connectivity index (χ0) is 52.5. The zero-order valence-electron chi connectivity index (χ0n) is 45.7. The predicted octanol–water partition coefficient (Wildman–Crippen LogP) is 10.8. The van der Waals surface area contributed by atoms with Crippen LogP contribution in [0, 0.1) is 11.3 Å². The third-order valence-corrected chi connectivity index (χ3v) is 14.2. The summed E-state index contributed by atoms with van der Waals surface area (Å²) >= 11 is 1.76. The van der Waals surface area contributed by atoms with Crippen LogP contribution in [-0.2, 0) is 40.1 Å². The van der Waals surface area contributed by atoms with Crippen molar-refractivity contribution in [2.45, 2.75) is 137 Å². The molecule has 5 aromatic rings. The second-order valence-corrected chi connectivity index (χ2v) is 21.2. The van der Waals surface area contributed by atoms with E-state index in [-0.39, 0.29) is 11.5 Å². The number of hydrogen-bond donors (Lipinski definition) is 3. The molecule has 3 atom stereocenters. The van der Waals surface area contributed by atoms with Gasteiger partial charge in [0.25, 0.3) is 0 Å². The first-order chi connectivity index (χ1) is 34.1. The number of nitrogens with one attached hydrogen (secondary N) is 1. The van der Waals surface area contributed by atoms with Gasteiger partial charge in [-0.25, -0.2) is 4.98 Å². The molecule has 1 aliphatic rings. The summed E-state index contributed by atoms with van der Waals surface area (Å²) < 4.78 is 8.17. The first kappa shape index (κ1) is 60.7. The van der Waals surface area contributed by atoms with E-state index in [1.807, 2.05) is 31.3 Å². The van der Waals surface area contributed by atoms with Crippen LogP contribution in [0.2, 0.25) is 0 Å². The normalized spacial score (nSPS) is 14.2. The van der Waals surface area contributed by atoms with Crippen LogP contribution in [0.15, 0.2) is 84.4 Å². The Morgan fingerprint density at radius 3 is 2.30 bits per heavy atom. The summed E-state index contributed by atoms with van der Waals surface area (Å²) in [5.74, 6) is 5.97. The average Bonchev–Trinajstić information content (AvgIpc) is 3.94. The van der Waals surface area contributed by atoms with E-state index in [0.717, 1.165) is 106 Å². The maximum absolute atomic E-state index is 11.3. The highest BCUT2D eigenvalue weighted by Crippen LogP contribution is 2.42. The van der Waals surface area contributed by atoms with E-state index in [1.165, 1.54) is 64.6 Å². The van der Waals surface area contributed by atoms with Crippen LogP contribution in [0.1, 0.15) is 121 Å². The molecule has 0 radical (unpaired) electrons. The highest BCUT2D eigenvalue weighted by atomic mass is 32.1. The van der Waals surface area contributed by atoms with Gasteiger partial charge in [-0.2, -0.15) is 0 Å². The number of aldehydes is 1. The number of aryl methyl sites for hydroxylation is 2. The summed E-state index contributed by atoms with van der Waals surface area (Å²) in [4.78, 5) is 37.6. The number of carbonyl (C=O) groups excluding carboxylic acids is 2. The number of aromatic nitrogens is 3. The van der Waals surface area contributed by atoms with E-state index in [4.69, 9.17) is 20.5 Å². The van der Waals surface area contributed by atoms with Crippen molar-refractivity contribution < 1.29 is 14.3 Å². The monoisotopic (exact) mass is 994 g/mol. The third kappa shape index (κ3) is 18.8. The Hall–Kier alpha value is -4.60. The number of nitrogens with two attached hydrogens (primary N) is 2. The molecule has 0 aliphatic carbocycles. The van der Waals surface area contributed by atoms with Crippen LogP contribution in [0.3, 0.4) is 0 Å². The molecule has 3 aromatic heterocycles. The number of ether oxygens (including phenoxy) is 1. The van der Waals surface area contributed by atoms with Gasteiger partial charge in [-0.3, -0.25) is 21.0 Å². The van der Waals surface area contributed by atoms with Gasteiger partial charge in [0.1, 0.15) is 6.29 Å². The summed E-state index contributed by atoms with van der Waals surface area (Å²) in [5.41, 5.74) is 17.8. The molecule has 13 heteroatoms. The molecule has 6 rings (SSSR count). The summed E-state index contributed by atoms with van der Waals surface area (Å²) in [6.07, 6.45) is 15.1. The van der Waals surface area contributed by atoms with Crippen molar-refractivity contribution in [3.05, 3.63) is 106 Å². The molecule has 12 nitrogen and oxygen atoms in total. The number of rotatable bonds is 26. The minimum atomic E-state index is -0.137. The predicted molar refractivity (Wildman–Crippen MR) is 301 cm³/mol. The van der Waals surface area contributed by atoms with Crippen LogP contribution in [0.4, 0.5) is 0 Å². The van der Waals surface area contributed by atoms with Crippen LogP contribution >= 0.6 is 11.3 Å². The molecule has 0 saturated carbocycles. The Morgan fingerprint density at radius 2 is 1.70 bits per heavy atom. The molecule has 1 aliphatic heterocycles. The summed E-state index contributed by atoms with van der Waals surface area (Å²) in [5, 5.41) is 4.65. The number of benzene rings is 2. The lowest BCUT2D eigenvalue weighted by Crippen LogP contribution is -2.51. The van der Waals surface area contributed by atoms with Gasteiger partial charge in [-0.15, -0.1) is 11.3 Å². The summed E-state index contributed by atoms with van der Waals surface area (Å²) in [7, 11) is 11.5. The molecule has 392 valence electrons. The van der Waals surface area contributed by atoms with Crippen LogP contribution in [0.25, 0.3) is 33.4 Å². The smallest absolute Gasteiger partial charge is 0.210 e. The van der Waals surface area contributed by atoms with E-state index in [0.29, 0.717) is 24.4 Å². The van der Waals surface area contributed by atoms with Crippen molar-refractivity contribution in [1.82, 2.24) is 34.7 Å². The van der Waals surface area contributed by atoms with Crippen molar-refractivity contribution in [3.8, 4) is 22.5 Å². The Labute approximate surface area is 432 Å². The van der Waals surface area contributed by atoms with Gasteiger partial charge < -0.3 is 34.5 Å². The fourth-order valence-electron chi connectivity index (χ4n) is 9.67. The Morgan fingerprint density at radius 1 is 1.00 bits per heavy atom. The number of nitrogens with zero attached hydrogens (tertiary/aromatic N) is 6. The van der Waals surface area contributed by atoms with E-state index in [2.05, 4.69) is 148 Å². The SMILES string of the molecule is C=C(Cc1ccccc1)C(C(C)C)N(C)C.CCn1c(-c2cccnc2C(C)OC)c(CC(C)(C)CCC=O)c2cc(-c3csc(CCCCCCCNN)n3)ccc21.CN.CN(C)CC1CCN1C=O. The van der Waals surface area contributed by atoms with Crippen molar-refractivity contribution in [2.24, 2.45) is 22.9 Å². The number of pyridine rings is 1. The topological polar surface area (TPSA) is 148 Å². The number of likely N-dealkylation sites (tertiary alicyclic amines) is 1. The number of fused-ring (bicyclic) bond motifs is 1. The minimum Gasteiger partial charge on any atom is -0.375 e. The molecule has 71 heavy (non-hydrogen) atoms. The zero-order valence-corrected chi connectivity index (χ0v) is 46.5. The van der Waals surface area contributed by atoms with Crippen LogP contribution < -0.4 is 17.0 Å². The molecule has 4 heterocycles. The Balaban J connectivity index is 0.000000385. The maximum Gasteiger partial charge on any atom is 0.210 e. The minimum absolute atomic E-state index is 0.0532. The number of carbonyl (C=O) groups is 2. The lowest BCUT2D eigenvalue weighted by Gasteiger charge is -2.39. The summed E-state index contributed by atoms with van der Waals surface area (Å²) in [6, 6.07) is 22.5. The molecule has 1 saturated heterocycles. The fraction of sp³-hybridized carbons (Fsp3) is 0.552. The molecular weight excluding hydrogens is 903 g/mol. The Bertz CT molecular complexity index is 2300. The molecule has 3 unspecified atom stereocenters. The fourth-order valence-corrected chi connectivity index (χ4v) is 10.5. The molecule has 1 fully saturated rings. The van der Waals surface area contributed by atoms with Crippen LogP contribution in [-0.4, -0.2) is 116 Å². The largest absolute Gasteiger partial charge is 0.375 e. The number of amides is 1. The molecule has 5 N–H and O–H groups in total. The molecule has 0 bridgehead atoms. The maximum atomic E-state index is 11.3. The van der Waals surface area contributed by atoms with E-state index < -0.39 is 0 Å². The molecular formula is C58H91N9O3S. The van der Waals surface area contributed by atoms with Gasteiger partial charge in [0.2, 0.25) is 6.41 Å². The quantitative estimate of drug-likeness (QED) is 0.0161. The van der Waals surface area contributed by atoms with Gasteiger partial charge in [0, 0.05) is 85.4 Å². The van der Waals surface area contributed by atoms with E-state index in [9.17, 15) is 9.59 Å². The van der Waals surface area contributed by atoms with Crippen molar-refractivity contribution in [1.29, 1.82) is 0 Å². The number of unbranched alkanes of at least 4 members (excludes halogenated alkanes) is 4. The average molecular weight is 994 g/mol. The first-order valence-corrected chi connectivity index (χ1v) is 26.7. The van der Waals surface area contributed by atoms with Crippen molar-refractivity contribution in [2.75, 3.05) is 62.0 Å². The van der Waals surface area contributed by atoms with Gasteiger partial charge >= 0.3 is 0 Å². The van der Waals surface area contributed by atoms with E-state index >= 15 is 0 Å². The first-order valence-electron chi connectivity index (χ1n) is 25.9. The summed E-state index contributed by atoms with van der Waals surface area (Å²) in [6.45, 7) is 21.2. The number of likely N-dealkylation sites (N-methyl/N-ethyl adjacent to an activating group) is 2. The molecule has 2 aromatic carbocycles. The molecule has 0 spiro atoms. The lowest BCUT2D eigenvalue weighted by atomic mass is 9.80. The molecule has 1 amide bonds. The number of hydrazine groups is 1. The van der Waals surface area contributed by atoms with Gasteiger partial charge in [0.15, 0.2) is 0 Å². The van der Waals surface area contributed by atoms with Crippen molar-refractivity contribution in [3.63, 3.8) is 0 Å².